The molecule has 3 nitrogen and oxygen atoms in total. The summed E-state index contributed by atoms with van der Waals surface area (Å²) in [6, 6.07) is 15.7. The lowest BCUT2D eigenvalue weighted by Gasteiger charge is -2.32. The lowest BCUT2D eigenvalue weighted by molar-refractivity contribution is 0.0668. The summed E-state index contributed by atoms with van der Waals surface area (Å²) < 4.78 is 54.1. The number of benzene rings is 3. The van der Waals surface area contributed by atoms with Crippen molar-refractivity contribution in [3.8, 4) is 0 Å². The second-order valence-corrected chi connectivity index (χ2v) is 9.42. The maximum absolute atomic E-state index is 13.7. The van der Waals surface area contributed by atoms with Crippen molar-refractivity contribution < 1.29 is 22.4 Å². The van der Waals surface area contributed by atoms with Gasteiger partial charge in [-0.3, -0.25) is 9.69 Å². The van der Waals surface area contributed by atoms with E-state index in [1.807, 2.05) is 13.8 Å². The summed E-state index contributed by atoms with van der Waals surface area (Å²) in [5.41, 5.74) is 2.03. The van der Waals surface area contributed by atoms with Crippen molar-refractivity contribution in [2.75, 3.05) is 19.6 Å². The summed E-state index contributed by atoms with van der Waals surface area (Å²) in [6.45, 7) is 6.00. The van der Waals surface area contributed by atoms with Crippen LogP contribution in [0.2, 0.25) is 0 Å². The lowest BCUT2D eigenvalue weighted by Crippen LogP contribution is -2.42. The number of rotatable bonds is 7. The number of hydrogen-bond donors (Lipinski definition) is 0. The highest BCUT2D eigenvalue weighted by Crippen LogP contribution is 2.35. The summed E-state index contributed by atoms with van der Waals surface area (Å²) in [4.78, 5) is 17.2. The van der Waals surface area contributed by atoms with E-state index < -0.39 is 17.5 Å². The molecule has 0 aliphatic carbocycles. The summed E-state index contributed by atoms with van der Waals surface area (Å²) in [6.07, 6.45) is 0. The molecule has 0 bridgehead atoms. The molecular formula is C28H28F4N2O. The van der Waals surface area contributed by atoms with Crippen molar-refractivity contribution in [2.24, 2.45) is 5.92 Å². The molecule has 1 amide bonds. The van der Waals surface area contributed by atoms with Crippen molar-refractivity contribution in [3.05, 3.63) is 107 Å². The first-order valence-corrected chi connectivity index (χ1v) is 11.7. The fourth-order valence-electron chi connectivity index (χ4n) is 4.80. The molecule has 1 fully saturated rings. The van der Waals surface area contributed by atoms with Crippen LogP contribution in [0.5, 0.6) is 0 Å². The largest absolute Gasteiger partial charge is 0.336 e. The van der Waals surface area contributed by atoms with E-state index in [4.69, 9.17) is 0 Å². The van der Waals surface area contributed by atoms with Gasteiger partial charge in [-0.25, -0.2) is 17.6 Å². The van der Waals surface area contributed by atoms with E-state index in [1.54, 1.807) is 23.1 Å². The summed E-state index contributed by atoms with van der Waals surface area (Å²) in [5.74, 6) is -2.64. The Balaban J connectivity index is 1.58. The van der Waals surface area contributed by atoms with Crippen LogP contribution in [0.15, 0.2) is 66.7 Å². The Morgan fingerprint density at radius 3 is 2.11 bits per heavy atom. The van der Waals surface area contributed by atoms with Crippen LogP contribution < -0.4 is 0 Å². The fraction of sp³-hybridized carbons (Fsp3) is 0.321. The van der Waals surface area contributed by atoms with Crippen LogP contribution >= 0.6 is 0 Å². The van der Waals surface area contributed by atoms with Gasteiger partial charge in [0, 0.05) is 43.7 Å². The number of carbonyl (C=O) groups is 1. The van der Waals surface area contributed by atoms with Crippen LogP contribution in [0, 0.1) is 29.2 Å². The normalized spacial score (nSPS) is 18.3. The monoisotopic (exact) mass is 484 g/mol. The average molecular weight is 485 g/mol. The van der Waals surface area contributed by atoms with Gasteiger partial charge in [-0.2, -0.15) is 0 Å². The first-order valence-electron chi connectivity index (χ1n) is 11.7. The van der Waals surface area contributed by atoms with Gasteiger partial charge < -0.3 is 4.90 Å². The second-order valence-electron chi connectivity index (χ2n) is 9.42. The van der Waals surface area contributed by atoms with E-state index in [9.17, 15) is 22.4 Å². The van der Waals surface area contributed by atoms with E-state index in [0.717, 1.165) is 11.6 Å². The Labute approximate surface area is 203 Å². The molecule has 2 unspecified atom stereocenters. The second kappa shape index (κ2) is 10.6. The molecule has 0 aromatic heterocycles. The predicted molar refractivity (Wildman–Crippen MR) is 127 cm³/mol. The Morgan fingerprint density at radius 2 is 1.51 bits per heavy atom. The van der Waals surface area contributed by atoms with Gasteiger partial charge in [0.15, 0.2) is 11.6 Å². The minimum atomic E-state index is -0.885. The minimum Gasteiger partial charge on any atom is -0.336 e. The maximum atomic E-state index is 13.7. The fourth-order valence-corrected chi connectivity index (χ4v) is 4.80. The molecule has 0 spiro atoms. The highest BCUT2D eigenvalue weighted by atomic mass is 19.2. The van der Waals surface area contributed by atoms with Crippen molar-refractivity contribution in [1.29, 1.82) is 0 Å². The first-order chi connectivity index (χ1) is 16.7. The van der Waals surface area contributed by atoms with E-state index in [2.05, 4.69) is 4.90 Å². The molecule has 0 N–H and O–H groups in total. The van der Waals surface area contributed by atoms with E-state index in [-0.39, 0.29) is 29.6 Å². The first kappa shape index (κ1) is 24.9. The van der Waals surface area contributed by atoms with Crippen LogP contribution in [-0.2, 0) is 6.54 Å². The third-order valence-corrected chi connectivity index (χ3v) is 6.61. The quantitative estimate of drug-likeness (QED) is 0.384. The molecular weight excluding hydrogens is 456 g/mol. The SMILES string of the molecule is CC(C)N(CC1CN(Cc2ccc(F)c(F)c2)CC1c1ccc(F)cc1)C(=O)c1ccc(F)cc1. The van der Waals surface area contributed by atoms with Crippen LogP contribution in [0.1, 0.15) is 41.3 Å². The van der Waals surface area contributed by atoms with Gasteiger partial charge in [-0.15, -0.1) is 0 Å². The highest BCUT2D eigenvalue weighted by Gasteiger charge is 2.36. The molecule has 2 atom stereocenters. The Kier molecular flexibility index (Phi) is 7.55. The van der Waals surface area contributed by atoms with Gasteiger partial charge >= 0.3 is 0 Å². The number of halogens is 4. The summed E-state index contributed by atoms with van der Waals surface area (Å²) >= 11 is 0. The van der Waals surface area contributed by atoms with Gasteiger partial charge in [0.05, 0.1) is 0 Å². The zero-order chi connectivity index (χ0) is 25.1. The molecule has 0 radical (unpaired) electrons. The van der Waals surface area contributed by atoms with Gasteiger partial charge in [-0.05, 0) is 79.4 Å². The molecule has 4 rings (SSSR count). The molecule has 3 aromatic rings. The van der Waals surface area contributed by atoms with Crippen molar-refractivity contribution in [1.82, 2.24) is 9.80 Å². The smallest absolute Gasteiger partial charge is 0.254 e. The molecule has 1 heterocycles. The average Bonchev–Trinajstić information content (AvgIpc) is 3.22. The third kappa shape index (κ3) is 5.90. The summed E-state index contributed by atoms with van der Waals surface area (Å²) in [7, 11) is 0. The number of likely N-dealkylation sites (tertiary alicyclic amines) is 1. The molecule has 7 heteroatoms. The van der Waals surface area contributed by atoms with Crippen molar-refractivity contribution in [3.63, 3.8) is 0 Å². The number of nitrogens with zero attached hydrogens (tertiary/aromatic N) is 2. The molecule has 1 aliphatic heterocycles. The maximum Gasteiger partial charge on any atom is 0.254 e. The zero-order valence-corrected chi connectivity index (χ0v) is 19.7. The molecule has 1 saturated heterocycles. The van der Waals surface area contributed by atoms with Crippen LogP contribution in [0.25, 0.3) is 0 Å². The van der Waals surface area contributed by atoms with Gasteiger partial charge in [0.1, 0.15) is 11.6 Å². The Bertz CT molecular complexity index is 1160. The Morgan fingerprint density at radius 1 is 0.886 bits per heavy atom. The van der Waals surface area contributed by atoms with Crippen LogP contribution in [0.3, 0.4) is 0 Å². The molecule has 35 heavy (non-hydrogen) atoms. The van der Waals surface area contributed by atoms with Gasteiger partial charge in [-0.1, -0.05) is 18.2 Å². The van der Waals surface area contributed by atoms with Crippen molar-refractivity contribution >= 4 is 5.91 Å². The lowest BCUT2D eigenvalue weighted by atomic mass is 9.88. The van der Waals surface area contributed by atoms with Gasteiger partial charge in [0.2, 0.25) is 0 Å². The molecule has 3 aromatic carbocycles. The number of hydrogen-bond acceptors (Lipinski definition) is 2. The Hall–Kier alpha value is -3.19. The topological polar surface area (TPSA) is 23.6 Å². The molecule has 0 saturated carbocycles. The standard InChI is InChI=1S/C28H28F4N2O/c1-18(2)34(28(35)21-6-10-24(30)11-7-21)16-22-15-33(14-19-3-12-26(31)27(32)13-19)17-25(22)20-4-8-23(29)9-5-20/h3-13,18,22,25H,14-17H2,1-2H3. The number of carbonyl (C=O) groups excluding carboxylic acids is 1. The minimum absolute atomic E-state index is 0.0168. The third-order valence-electron chi connectivity index (χ3n) is 6.61. The van der Waals surface area contributed by atoms with E-state index >= 15 is 0 Å². The predicted octanol–water partition coefficient (Wildman–Crippen LogP) is 6.01. The van der Waals surface area contributed by atoms with Crippen molar-refractivity contribution in [2.45, 2.75) is 32.4 Å². The molecule has 1 aliphatic rings. The van der Waals surface area contributed by atoms with Gasteiger partial charge in [0.25, 0.3) is 5.91 Å². The highest BCUT2D eigenvalue weighted by molar-refractivity contribution is 5.94. The van der Waals surface area contributed by atoms with E-state index in [0.29, 0.717) is 37.3 Å². The van der Waals surface area contributed by atoms with Crippen LogP contribution in [-0.4, -0.2) is 41.4 Å². The molecule has 184 valence electrons. The number of amides is 1. The van der Waals surface area contributed by atoms with E-state index in [1.165, 1.54) is 42.5 Å². The van der Waals surface area contributed by atoms with Crippen LogP contribution in [0.4, 0.5) is 17.6 Å². The summed E-state index contributed by atoms with van der Waals surface area (Å²) in [5, 5.41) is 0. The zero-order valence-electron chi connectivity index (χ0n) is 19.7.